The maximum atomic E-state index is 11.3. The molecule has 1 rings (SSSR count). The molecule has 5 nitrogen and oxygen atoms in total. The molecule has 0 aliphatic carbocycles. The third-order valence-corrected chi connectivity index (χ3v) is 2.66. The molecule has 0 aromatic heterocycles. The molecule has 0 saturated carbocycles. The highest BCUT2D eigenvalue weighted by molar-refractivity contribution is 7.80. The van der Waals surface area contributed by atoms with Crippen molar-refractivity contribution in [1.29, 1.82) is 0 Å². The van der Waals surface area contributed by atoms with Crippen LogP contribution in [0.2, 0.25) is 0 Å². The largest absolute Gasteiger partial charge is 0.393 e. The van der Waals surface area contributed by atoms with Crippen molar-refractivity contribution < 1.29 is 9.90 Å². The molecule has 0 fully saturated rings. The quantitative estimate of drug-likeness (QED) is 0.490. The Morgan fingerprint density at radius 2 is 1.89 bits per heavy atom. The number of thiocarbonyl (C=S) groups is 1. The molecule has 0 unspecified atom stereocenters. The van der Waals surface area contributed by atoms with Crippen LogP contribution in [-0.4, -0.2) is 22.2 Å². The van der Waals surface area contributed by atoms with Gasteiger partial charge in [-0.1, -0.05) is 30.3 Å². The predicted molar refractivity (Wildman–Crippen MR) is 78.2 cm³/mol. The number of benzene rings is 1. The van der Waals surface area contributed by atoms with E-state index in [1.54, 1.807) is 6.92 Å². The van der Waals surface area contributed by atoms with E-state index in [1.165, 1.54) is 0 Å². The van der Waals surface area contributed by atoms with Crippen molar-refractivity contribution in [2.24, 2.45) is 0 Å². The number of amides is 1. The first-order valence-corrected chi connectivity index (χ1v) is 6.48. The van der Waals surface area contributed by atoms with Crippen LogP contribution >= 0.6 is 12.2 Å². The number of nitrogens with one attached hydrogen (secondary N) is 3. The second kappa shape index (κ2) is 7.70. The lowest BCUT2D eigenvalue weighted by Crippen LogP contribution is -2.47. The van der Waals surface area contributed by atoms with Crippen LogP contribution in [-0.2, 0) is 4.79 Å². The van der Waals surface area contributed by atoms with Gasteiger partial charge in [0.05, 0.1) is 18.6 Å². The van der Waals surface area contributed by atoms with Crippen molar-refractivity contribution in [2.45, 2.75) is 32.4 Å². The van der Waals surface area contributed by atoms with Gasteiger partial charge in [0, 0.05) is 0 Å². The average Bonchev–Trinajstić information content (AvgIpc) is 2.36. The van der Waals surface area contributed by atoms with Gasteiger partial charge in [0.25, 0.3) is 0 Å². The fourth-order valence-corrected chi connectivity index (χ4v) is 1.73. The van der Waals surface area contributed by atoms with Crippen molar-refractivity contribution in [1.82, 2.24) is 16.2 Å². The van der Waals surface area contributed by atoms with E-state index in [-0.39, 0.29) is 18.4 Å². The van der Waals surface area contributed by atoms with Crippen LogP contribution in [0, 0.1) is 0 Å². The Morgan fingerprint density at radius 3 is 2.47 bits per heavy atom. The van der Waals surface area contributed by atoms with E-state index in [0.29, 0.717) is 5.11 Å². The molecule has 1 aromatic carbocycles. The number of aliphatic hydroxyl groups is 1. The van der Waals surface area contributed by atoms with Gasteiger partial charge in [-0.3, -0.25) is 15.6 Å². The van der Waals surface area contributed by atoms with Gasteiger partial charge in [-0.2, -0.15) is 0 Å². The van der Waals surface area contributed by atoms with Gasteiger partial charge in [0.2, 0.25) is 5.91 Å². The maximum Gasteiger partial charge on any atom is 0.240 e. The third kappa shape index (κ3) is 6.17. The number of carbonyl (C=O) groups excluding carboxylic acids is 1. The zero-order valence-corrected chi connectivity index (χ0v) is 11.8. The third-order valence-electron chi connectivity index (χ3n) is 2.44. The van der Waals surface area contributed by atoms with Crippen LogP contribution in [0.5, 0.6) is 0 Å². The lowest BCUT2D eigenvalue weighted by molar-refractivity contribution is -0.123. The van der Waals surface area contributed by atoms with Crippen LogP contribution in [0.1, 0.15) is 31.9 Å². The Kier molecular flexibility index (Phi) is 6.24. The van der Waals surface area contributed by atoms with E-state index in [2.05, 4.69) is 16.2 Å². The van der Waals surface area contributed by atoms with E-state index in [4.69, 9.17) is 17.3 Å². The van der Waals surface area contributed by atoms with Gasteiger partial charge in [-0.15, -0.1) is 0 Å². The molecule has 2 atom stereocenters. The van der Waals surface area contributed by atoms with Crippen molar-refractivity contribution in [3.8, 4) is 0 Å². The summed E-state index contributed by atoms with van der Waals surface area (Å²) in [6.45, 7) is 3.52. The first-order valence-electron chi connectivity index (χ1n) is 6.07. The molecule has 0 spiro atoms. The molecular weight excluding hydrogens is 262 g/mol. The normalized spacial score (nSPS) is 13.2. The fourth-order valence-electron chi connectivity index (χ4n) is 1.50. The molecule has 4 N–H and O–H groups in total. The molecule has 0 radical (unpaired) electrons. The monoisotopic (exact) mass is 281 g/mol. The Labute approximate surface area is 118 Å². The SMILES string of the molecule is C[C@H](O)CC(=O)NNC(=S)N[C@H](C)c1ccccc1. The summed E-state index contributed by atoms with van der Waals surface area (Å²) in [5.41, 5.74) is 6.12. The lowest BCUT2D eigenvalue weighted by atomic mass is 10.1. The first-order chi connectivity index (χ1) is 8.99. The number of carbonyl (C=O) groups is 1. The van der Waals surface area contributed by atoms with E-state index in [1.807, 2.05) is 37.3 Å². The smallest absolute Gasteiger partial charge is 0.240 e. The molecule has 1 aromatic rings. The highest BCUT2D eigenvalue weighted by Crippen LogP contribution is 2.10. The van der Waals surface area contributed by atoms with Crippen LogP contribution in [0.25, 0.3) is 0 Å². The molecule has 0 heterocycles. The minimum absolute atomic E-state index is 0.0316. The van der Waals surface area contributed by atoms with Crippen molar-refractivity contribution in [3.63, 3.8) is 0 Å². The zero-order chi connectivity index (χ0) is 14.3. The molecule has 104 valence electrons. The summed E-state index contributed by atoms with van der Waals surface area (Å²) in [7, 11) is 0. The summed E-state index contributed by atoms with van der Waals surface area (Å²) in [5.74, 6) is -0.313. The summed E-state index contributed by atoms with van der Waals surface area (Å²) < 4.78 is 0. The predicted octanol–water partition coefficient (Wildman–Crippen LogP) is 1.01. The van der Waals surface area contributed by atoms with Gasteiger partial charge in [0.15, 0.2) is 5.11 Å². The van der Waals surface area contributed by atoms with E-state index < -0.39 is 6.10 Å². The number of rotatable bonds is 4. The van der Waals surface area contributed by atoms with Crippen LogP contribution in [0.3, 0.4) is 0 Å². The first kappa shape index (κ1) is 15.4. The van der Waals surface area contributed by atoms with Crippen LogP contribution in [0.4, 0.5) is 0 Å². The molecule has 0 aliphatic rings. The number of hydrazine groups is 1. The van der Waals surface area contributed by atoms with Crippen LogP contribution in [0.15, 0.2) is 30.3 Å². The zero-order valence-electron chi connectivity index (χ0n) is 11.0. The van der Waals surface area contributed by atoms with Gasteiger partial charge in [-0.25, -0.2) is 0 Å². The maximum absolute atomic E-state index is 11.3. The second-order valence-electron chi connectivity index (χ2n) is 4.33. The highest BCUT2D eigenvalue weighted by Gasteiger charge is 2.08. The Bertz CT molecular complexity index is 423. The molecule has 1 amide bonds. The summed E-state index contributed by atoms with van der Waals surface area (Å²) >= 11 is 5.06. The van der Waals surface area contributed by atoms with E-state index >= 15 is 0 Å². The molecular formula is C13H19N3O2S. The summed E-state index contributed by atoms with van der Waals surface area (Å²) in [6.07, 6.45) is -0.643. The fraction of sp³-hybridized carbons (Fsp3) is 0.385. The summed E-state index contributed by atoms with van der Waals surface area (Å²) in [6, 6.07) is 9.87. The second-order valence-corrected chi connectivity index (χ2v) is 4.74. The number of aliphatic hydroxyl groups excluding tert-OH is 1. The lowest BCUT2D eigenvalue weighted by Gasteiger charge is -2.17. The Hall–Kier alpha value is -1.66. The number of hydrogen-bond acceptors (Lipinski definition) is 3. The van der Waals surface area contributed by atoms with E-state index in [9.17, 15) is 4.79 Å². The summed E-state index contributed by atoms with van der Waals surface area (Å²) in [4.78, 5) is 11.3. The average molecular weight is 281 g/mol. The molecule has 0 bridgehead atoms. The van der Waals surface area contributed by atoms with Gasteiger partial charge in [-0.05, 0) is 31.6 Å². The van der Waals surface area contributed by atoms with Gasteiger partial charge >= 0.3 is 0 Å². The Morgan fingerprint density at radius 1 is 1.26 bits per heavy atom. The molecule has 0 aliphatic heterocycles. The highest BCUT2D eigenvalue weighted by atomic mass is 32.1. The van der Waals surface area contributed by atoms with E-state index in [0.717, 1.165) is 5.56 Å². The van der Waals surface area contributed by atoms with Gasteiger partial charge < -0.3 is 10.4 Å². The van der Waals surface area contributed by atoms with Crippen molar-refractivity contribution >= 4 is 23.2 Å². The minimum atomic E-state index is -0.674. The minimum Gasteiger partial charge on any atom is -0.393 e. The van der Waals surface area contributed by atoms with Gasteiger partial charge in [0.1, 0.15) is 0 Å². The van der Waals surface area contributed by atoms with Crippen LogP contribution < -0.4 is 16.2 Å². The molecule has 0 saturated heterocycles. The van der Waals surface area contributed by atoms with Crippen molar-refractivity contribution in [2.75, 3.05) is 0 Å². The summed E-state index contributed by atoms with van der Waals surface area (Å²) in [5, 5.41) is 12.4. The molecule has 19 heavy (non-hydrogen) atoms. The number of hydrogen-bond donors (Lipinski definition) is 4. The standard InChI is InChI=1S/C13H19N3O2S/c1-9(17)8-12(18)15-16-13(19)14-10(2)11-6-4-3-5-7-11/h3-7,9-10,17H,8H2,1-2H3,(H,15,18)(H2,14,16,19)/t9-,10+/m0/s1. The molecule has 6 heteroatoms. The Balaban J connectivity index is 2.33. The topological polar surface area (TPSA) is 73.4 Å². The van der Waals surface area contributed by atoms with Crippen molar-refractivity contribution in [3.05, 3.63) is 35.9 Å².